The fourth-order valence-electron chi connectivity index (χ4n) is 4.72. The molecule has 0 spiro atoms. The third-order valence-corrected chi connectivity index (χ3v) is 7.08. The highest BCUT2D eigenvalue weighted by Crippen LogP contribution is 2.45. The second-order valence-electron chi connectivity index (χ2n) is 7.95. The summed E-state index contributed by atoms with van der Waals surface area (Å²) in [6, 6.07) is 6.38. The standard InChI is InChI=1S/C24H18N2O8S/c1-3-34-23(31)17-14-13(16(25-17)15-18(27)10-6-4-5-7-11(10)19(15)28)21(29)26(22(14)30)12-8-9-35-20(12)24(32)33-2/h4-9,13-14,17,27H,3H2,1-2H3. The summed E-state index contributed by atoms with van der Waals surface area (Å²) in [7, 11) is 1.17. The molecule has 178 valence electrons. The number of allylic oxidation sites excluding steroid dienone is 1. The van der Waals surface area contributed by atoms with E-state index in [9.17, 15) is 29.1 Å². The lowest BCUT2D eigenvalue weighted by Gasteiger charge is -2.17. The van der Waals surface area contributed by atoms with Crippen molar-refractivity contribution in [1.29, 1.82) is 0 Å². The Morgan fingerprint density at radius 2 is 1.83 bits per heavy atom. The molecule has 2 aromatic rings. The van der Waals surface area contributed by atoms with Crippen LogP contribution in [-0.2, 0) is 23.9 Å². The number of aliphatic hydroxyl groups excluding tert-OH is 1. The van der Waals surface area contributed by atoms with E-state index in [1.54, 1.807) is 25.1 Å². The van der Waals surface area contributed by atoms with Crippen LogP contribution in [-0.4, -0.2) is 60.1 Å². The minimum Gasteiger partial charge on any atom is -0.506 e. The molecule has 1 fully saturated rings. The van der Waals surface area contributed by atoms with Gasteiger partial charge in [-0.3, -0.25) is 19.4 Å². The molecule has 3 aliphatic rings. The van der Waals surface area contributed by atoms with E-state index in [-0.39, 0.29) is 45.3 Å². The Kier molecular flexibility index (Phi) is 5.36. The van der Waals surface area contributed by atoms with Crippen molar-refractivity contribution in [2.45, 2.75) is 13.0 Å². The molecule has 1 saturated heterocycles. The number of imide groups is 1. The second-order valence-corrected chi connectivity index (χ2v) is 8.87. The van der Waals surface area contributed by atoms with E-state index in [4.69, 9.17) is 9.47 Å². The molecule has 0 bridgehead atoms. The van der Waals surface area contributed by atoms with Crippen molar-refractivity contribution in [1.82, 2.24) is 0 Å². The molecule has 3 heterocycles. The van der Waals surface area contributed by atoms with Gasteiger partial charge < -0.3 is 14.6 Å². The van der Waals surface area contributed by atoms with Crippen LogP contribution in [0.2, 0.25) is 0 Å². The van der Waals surface area contributed by atoms with E-state index in [1.165, 1.54) is 24.6 Å². The lowest BCUT2D eigenvalue weighted by Crippen LogP contribution is -2.37. The number of aliphatic hydroxyl groups is 1. The van der Waals surface area contributed by atoms with Crippen molar-refractivity contribution in [3.8, 4) is 0 Å². The number of methoxy groups -OCH3 is 1. The molecule has 5 rings (SSSR count). The first-order valence-corrected chi connectivity index (χ1v) is 11.5. The summed E-state index contributed by atoms with van der Waals surface area (Å²) in [5.41, 5.74) is 0.133. The number of Topliss-reactive ketones (excluding diaryl/α,β-unsaturated/α-hetero) is 1. The number of anilines is 1. The zero-order valence-corrected chi connectivity index (χ0v) is 19.3. The minimum absolute atomic E-state index is 0.0127. The van der Waals surface area contributed by atoms with Gasteiger partial charge in [-0.15, -0.1) is 11.3 Å². The number of benzene rings is 1. The number of carbonyl (C=O) groups excluding carboxylic acids is 5. The Morgan fingerprint density at radius 3 is 2.49 bits per heavy atom. The number of esters is 2. The van der Waals surface area contributed by atoms with Crippen molar-refractivity contribution < 1.29 is 38.6 Å². The number of aliphatic imine (C=N–C) groups is 1. The number of carbonyl (C=O) groups is 5. The predicted molar refractivity (Wildman–Crippen MR) is 123 cm³/mol. The van der Waals surface area contributed by atoms with Crippen LogP contribution in [0.15, 0.2) is 46.3 Å². The summed E-state index contributed by atoms with van der Waals surface area (Å²) in [5, 5.41) is 12.4. The average molecular weight is 494 g/mol. The van der Waals surface area contributed by atoms with Crippen molar-refractivity contribution in [3.63, 3.8) is 0 Å². The number of ketones is 1. The maximum Gasteiger partial charge on any atom is 0.350 e. The van der Waals surface area contributed by atoms with Gasteiger partial charge in [0, 0.05) is 11.1 Å². The first-order valence-electron chi connectivity index (χ1n) is 10.7. The Labute approximate surface area is 202 Å². The van der Waals surface area contributed by atoms with E-state index in [0.29, 0.717) is 0 Å². The summed E-state index contributed by atoms with van der Waals surface area (Å²) in [4.78, 5) is 70.5. The molecule has 0 radical (unpaired) electrons. The minimum atomic E-state index is -1.39. The zero-order chi connectivity index (χ0) is 25.0. The number of ether oxygens (including phenoxy) is 2. The molecule has 0 saturated carbocycles. The topological polar surface area (TPSA) is 140 Å². The normalized spacial score (nSPS) is 22.9. The van der Waals surface area contributed by atoms with E-state index < -0.39 is 47.4 Å². The van der Waals surface area contributed by atoms with Crippen molar-refractivity contribution in [2.75, 3.05) is 18.6 Å². The van der Waals surface area contributed by atoms with E-state index in [2.05, 4.69) is 4.99 Å². The molecule has 1 aromatic carbocycles. The maximum atomic E-state index is 13.6. The van der Waals surface area contributed by atoms with Crippen LogP contribution < -0.4 is 4.90 Å². The lowest BCUT2D eigenvalue weighted by atomic mass is 9.85. The van der Waals surface area contributed by atoms with Gasteiger partial charge in [-0.25, -0.2) is 14.5 Å². The van der Waals surface area contributed by atoms with Gasteiger partial charge in [0.05, 0.1) is 42.5 Å². The summed E-state index contributed by atoms with van der Waals surface area (Å²) < 4.78 is 9.84. The van der Waals surface area contributed by atoms with Crippen molar-refractivity contribution in [3.05, 3.63) is 57.3 Å². The van der Waals surface area contributed by atoms with Crippen LogP contribution in [0, 0.1) is 11.8 Å². The fourth-order valence-corrected chi connectivity index (χ4v) is 5.51. The Morgan fingerprint density at radius 1 is 1.11 bits per heavy atom. The van der Waals surface area contributed by atoms with E-state index >= 15 is 0 Å². The smallest absolute Gasteiger partial charge is 0.350 e. The van der Waals surface area contributed by atoms with Crippen LogP contribution in [0.5, 0.6) is 0 Å². The third-order valence-electron chi connectivity index (χ3n) is 6.20. The number of hydrogen-bond donors (Lipinski definition) is 1. The summed E-state index contributed by atoms with van der Waals surface area (Å²) in [5.74, 6) is -6.65. The largest absolute Gasteiger partial charge is 0.506 e. The first kappa shape index (κ1) is 22.7. The van der Waals surface area contributed by atoms with Gasteiger partial charge in [0.15, 0.2) is 11.8 Å². The van der Waals surface area contributed by atoms with Gasteiger partial charge in [-0.2, -0.15) is 0 Å². The highest BCUT2D eigenvalue weighted by Gasteiger charge is 2.61. The molecule has 11 heteroatoms. The molecule has 1 aliphatic carbocycles. The Bertz CT molecular complexity index is 1390. The van der Waals surface area contributed by atoms with Gasteiger partial charge in [-0.1, -0.05) is 24.3 Å². The summed E-state index contributed by atoms with van der Waals surface area (Å²) in [6.07, 6.45) is 0. The van der Waals surface area contributed by atoms with Gasteiger partial charge in [0.1, 0.15) is 10.6 Å². The first-order chi connectivity index (χ1) is 16.8. The molecular formula is C24H18N2O8S. The monoisotopic (exact) mass is 494 g/mol. The maximum absolute atomic E-state index is 13.6. The van der Waals surface area contributed by atoms with Gasteiger partial charge >= 0.3 is 11.9 Å². The fraction of sp³-hybridized carbons (Fsp3) is 0.250. The Hall–Kier alpha value is -4.12. The van der Waals surface area contributed by atoms with E-state index in [0.717, 1.165) is 16.2 Å². The number of hydrogen-bond acceptors (Lipinski definition) is 10. The number of nitrogens with zero attached hydrogens (tertiary/aromatic N) is 2. The zero-order valence-electron chi connectivity index (χ0n) is 18.5. The number of amides is 2. The SMILES string of the molecule is CCOC(=O)C1N=C(C2=C(O)c3ccccc3C2=O)C2C(=O)N(c3ccsc3C(=O)OC)C(=O)C12. The molecule has 3 atom stereocenters. The number of rotatable bonds is 5. The van der Waals surface area contributed by atoms with Crippen LogP contribution >= 0.6 is 11.3 Å². The van der Waals surface area contributed by atoms with E-state index in [1.807, 2.05) is 0 Å². The lowest BCUT2D eigenvalue weighted by molar-refractivity contribution is -0.147. The summed E-state index contributed by atoms with van der Waals surface area (Å²) in [6.45, 7) is 1.60. The number of fused-ring (bicyclic) bond motifs is 2. The number of thiophene rings is 1. The molecule has 35 heavy (non-hydrogen) atoms. The Balaban J connectivity index is 1.64. The molecule has 1 N–H and O–H groups in total. The average Bonchev–Trinajstić information content (AvgIpc) is 3.59. The second kappa shape index (κ2) is 8.27. The van der Waals surface area contributed by atoms with Crippen molar-refractivity contribution >= 4 is 58.0 Å². The van der Waals surface area contributed by atoms with Crippen molar-refractivity contribution in [2.24, 2.45) is 16.8 Å². The van der Waals surface area contributed by atoms with Crippen LogP contribution in [0.25, 0.3) is 5.76 Å². The van der Waals surface area contributed by atoms with Gasteiger partial charge in [0.2, 0.25) is 11.8 Å². The van der Waals surface area contributed by atoms with Crippen LogP contribution in [0.3, 0.4) is 0 Å². The molecule has 2 aliphatic heterocycles. The van der Waals surface area contributed by atoms with Crippen LogP contribution in [0.1, 0.15) is 32.5 Å². The third kappa shape index (κ3) is 3.15. The molecule has 10 nitrogen and oxygen atoms in total. The van der Waals surface area contributed by atoms with Gasteiger partial charge in [0.25, 0.3) is 0 Å². The molecule has 2 amide bonds. The molecule has 3 unspecified atom stereocenters. The summed E-state index contributed by atoms with van der Waals surface area (Å²) >= 11 is 0.989. The van der Waals surface area contributed by atoms with Crippen LogP contribution in [0.4, 0.5) is 5.69 Å². The van der Waals surface area contributed by atoms with Gasteiger partial charge in [-0.05, 0) is 18.4 Å². The molecule has 1 aromatic heterocycles. The quantitative estimate of drug-likeness (QED) is 0.493. The highest BCUT2D eigenvalue weighted by molar-refractivity contribution is 7.12. The molecular weight excluding hydrogens is 476 g/mol. The highest BCUT2D eigenvalue weighted by atomic mass is 32.1. The predicted octanol–water partition coefficient (Wildman–Crippen LogP) is 2.19.